The first-order valence-electron chi connectivity index (χ1n) is 40.6. The number of carbonyl (C=O) groups is 3. The number of unbranched alkanes of at least 4 members (excludes halogenated alkanes) is 37. The molecule has 0 amide bonds. The number of hydrogen-bond donors (Lipinski definition) is 11. The number of hydrogen-bond acceptors (Lipinski definition) is 23. The molecule has 2 aliphatic heterocycles. The Labute approximate surface area is 617 Å². The van der Waals surface area contributed by atoms with Crippen LogP contribution in [-0.4, -0.2) is 204 Å². The average Bonchev–Trinajstić information content (AvgIpc) is 0.762. The summed E-state index contributed by atoms with van der Waals surface area (Å²) in [6, 6.07) is 0. The van der Waals surface area contributed by atoms with Crippen LogP contribution in [0, 0.1) is 5.92 Å². The Bertz CT molecular complexity index is 2230. The summed E-state index contributed by atoms with van der Waals surface area (Å²) in [6.45, 7) is 5.73. The number of phosphoric ester groups is 1. The van der Waals surface area contributed by atoms with Crippen molar-refractivity contribution in [3.63, 3.8) is 0 Å². The second-order valence-electron chi connectivity index (χ2n) is 29.5. The molecular formula is C78H143O24P. The zero-order valence-corrected chi connectivity index (χ0v) is 64.4. The number of rotatable bonds is 63. The van der Waals surface area contributed by atoms with Gasteiger partial charge in [0.2, 0.25) is 0 Å². The topological polar surface area (TPSA) is 374 Å². The lowest BCUT2D eigenvalue weighted by atomic mass is 9.84. The molecule has 0 bridgehead atoms. The third-order valence-electron chi connectivity index (χ3n) is 20.2. The van der Waals surface area contributed by atoms with E-state index in [1.54, 1.807) is 6.08 Å². The molecule has 24 nitrogen and oxygen atoms in total. The number of ether oxygens (including phenoxy) is 7. The van der Waals surface area contributed by atoms with E-state index in [2.05, 4.69) is 27.7 Å². The molecule has 0 aromatic heterocycles. The Morgan fingerprint density at radius 1 is 0.427 bits per heavy atom. The molecule has 3 aliphatic rings. The second kappa shape index (κ2) is 58.4. The largest absolute Gasteiger partial charge is 0.472 e. The lowest BCUT2D eigenvalue weighted by Crippen LogP contribution is -2.69. The van der Waals surface area contributed by atoms with Crippen LogP contribution < -0.4 is 0 Å². The molecule has 0 radical (unpaired) electrons. The van der Waals surface area contributed by atoms with E-state index in [1.807, 2.05) is 6.08 Å². The minimum absolute atomic E-state index is 0.0388. The number of phosphoric acid groups is 1. The van der Waals surface area contributed by atoms with Gasteiger partial charge in [-0.25, -0.2) is 9.36 Å². The van der Waals surface area contributed by atoms with Crippen LogP contribution in [0.5, 0.6) is 0 Å². The van der Waals surface area contributed by atoms with Crippen LogP contribution >= 0.6 is 7.82 Å². The summed E-state index contributed by atoms with van der Waals surface area (Å²) in [5.41, 5.74) is 0. The van der Waals surface area contributed by atoms with Gasteiger partial charge in [-0.15, -0.1) is 0 Å². The molecule has 1 saturated carbocycles. The zero-order chi connectivity index (χ0) is 75.5. The summed E-state index contributed by atoms with van der Waals surface area (Å²) in [5.74, 6) is -1.52. The number of allylic oxidation sites excluding steroid dienone is 3. The molecule has 0 spiro atoms. The molecule has 0 aromatic carbocycles. The standard InChI is InChI=1S/C78H143O24P/c1-5-8-11-14-17-19-21-23-25-26-28-30-32-34-36-43-48-53-64(82)97-59(55-94-62(80)51-46-42-38-37-40-45-50-58(4)49-44-39-16-13-10-7-3)56-96-103(92,93)102-76-74(100-77-72(90)67(85)65(83)60(54-79)98-77)70(88)69(87)71(89)75(76)101-78-73(91)68(86)66(84)61(99-78)57-95-63(81)52-47-41-35-33-31-29-27-24-22-20-18-15-12-9-6-2/h35,41,47,52,58-61,65-79,83-91H,5-34,36-40,42-46,48-51,53-57H2,1-4H3,(H,92,93)/b41-35+,52-47+. The van der Waals surface area contributed by atoms with Gasteiger partial charge >= 0.3 is 25.7 Å². The number of esters is 3. The van der Waals surface area contributed by atoms with E-state index in [-0.39, 0.29) is 12.8 Å². The lowest BCUT2D eigenvalue weighted by molar-refractivity contribution is -0.360. The summed E-state index contributed by atoms with van der Waals surface area (Å²) in [4.78, 5) is 51.1. The molecule has 3 fully saturated rings. The predicted molar refractivity (Wildman–Crippen MR) is 393 cm³/mol. The van der Waals surface area contributed by atoms with Gasteiger partial charge in [-0.2, -0.15) is 0 Å². The molecule has 103 heavy (non-hydrogen) atoms. The van der Waals surface area contributed by atoms with Crippen LogP contribution in [0.1, 0.15) is 317 Å². The molecule has 19 unspecified atom stereocenters. The maximum Gasteiger partial charge on any atom is 0.472 e. The predicted octanol–water partition coefficient (Wildman–Crippen LogP) is 12.3. The van der Waals surface area contributed by atoms with Crippen molar-refractivity contribution in [3.05, 3.63) is 24.3 Å². The summed E-state index contributed by atoms with van der Waals surface area (Å²) >= 11 is 0. The molecule has 1 aliphatic carbocycles. The van der Waals surface area contributed by atoms with Gasteiger partial charge in [-0.3, -0.25) is 18.6 Å². The van der Waals surface area contributed by atoms with E-state index >= 15 is 0 Å². The van der Waals surface area contributed by atoms with Gasteiger partial charge in [0.05, 0.1) is 13.2 Å². The monoisotopic (exact) mass is 1490 g/mol. The average molecular weight is 1500 g/mol. The normalized spacial score (nSPS) is 27.3. The van der Waals surface area contributed by atoms with Crippen LogP contribution in [0.25, 0.3) is 0 Å². The van der Waals surface area contributed by atoms with Gasteiger partial charge in [0, 0.05) is 18.9 Å². The minimum Gasteiger partial charge on any atom is -0.462 e. The van der Waals surface area contributed by atoms with Crippen molar-refractivity contribution in [1.29, 1.82) is 0 Å². The molecule has 604 valence electrons. The third kappa shape index (κ3) is 41.2. The lowest BCUT2D eigenvalue weighted by Gasteiger charge is -2.49. The fourth-order valence-corrected chi connectivity index (χ4v) is 14.5. The Morgan fingerprint density at radius 2 is 0.806 bits per heavy atom. The van der Waals surface area contributed by atoms with Gasteiger partial charge in [-0.05, 0) is 31.6 Å². The van der Waals surface area contributed by atoms with Crippen molar-refractivity contribution in [3.8, 4) is 0 Å². The van der Waals surface area contributed by atoms with E-state index in [4.69, 9.17) is 42.2 Å². The fraction of sp³-hybridized carbons (Fsp3) is 0.910. The smallest absolute Gasteiger partial charge is 0.462 e. The fourth-order valence-electron chi connectivity index (χ4n) is 13.6. The summed E-state index contributed by atoms with van der Waals surface area (Å²) in [7, 11) is -5.71. The second-order valence-corrected chi connectivity index (χ2v) is 30.9. The molecular weight excluding hydrogens is 1350 g/mol. The third-order valence-corrected chi connectivity index (χ3v) is 21.2. The number of aliphatic hydroxyl groups is 10. The molecule has 0 aromatic rings. The molecule has 2 saturated heterocycles. The summed E-state index contributed by atoms with van der Waals surface area (Å²) < 4.78 is 65.1. The highest BCUT2D eigenvalue weighted by Crippen LogP contribution is 2.49. The van der Waals surface area contributed by atoms with Crippen LogP contribution in [0.4, 0.5) is 0 Å². The van der Waals surface area contributed by atoms with E-state index in [1.165, 1.54) is 179 Å². The van der Waals surface area contributed by atoms with Gasteiger partial charge in [0.15, 0.2) is 18.7 Å². The van der Waals surface area contributed by atoms with Crippen LogP contribution in [-0.2, 0) is 61.2 Å². The molecule has 3 rings (SSSR count). The van der Waals surface area contributed by atoms with Crippen molar-refractivity contribution in [2.24, 2.45) is 5.92 Å². The van der Waals surface area contributed by atoms with Crippen LogP contribution in [0.2, 0.25) is 0 Å². The number of aliphatic hydroxyl groups excluding tert-OH is 10. The quantitative estimate of drug-likeness (QED) is 0.00673. The first-order chi connectivity index (χ1) is 49.7. The zero-order valence-electron chi connectivity index (χ0n) is 63.5. The van der Waals surface area contributed by atoms with E-state index < -0.39 is 156 Å². The molecule has 25 heteroatoms. The highest BCUT2D eigenvalue weighted by Gasteiger charge is 2.58. The first kappa shape index (κ1) is 94.6. The Kier molecular flexibility index (Phi) is 53.7. The van der Waals surface area contributed by atoms with Gasteiger partial charge in [-0.1, -0.05) is 296 Å². The SMILES string of the molecule is CCCCCCCCCCCCC/C=C/C=C/C(=O)OCC1OC(OC2C(O)C(O)C(O)C(OC3OC(CO)C(O)C(O)C3O)C2OP(=O)(O)OCC(COC(=O)CCCCCCCCC(C)CCCCCCCC)OC(=O)CCCCCCCCCCCCCCCCCCC)C(O)C(O)C1O. The van der Waals surface area contributed by atoms with E-state index in [9.17, 15) is 74.9 Å². The number of carbonyl (C=O) groups excluding carboxylic acids is 3. The van der Waals surface area contributed by atoms with Crippen LogP contribution in [0.3, 0.4) is 0 Å². The first-order valence-corrected chi connectivity index (χ1v) is 42.0. The molecule has 11 N–H and O–H groups in total. The summed E-state index contributed by atoms with van der Waals surface area (Å²) in [6.07, 6.45) is 20.0. The molecule has 19 atom stereocenters. The highest BCUT2D eigenvalue weighted by molar-refractivity contribution is 7.47. The Balaban J connectivity index is 1.73. The van der Waals surface area contributed by atoms with Crippen molar-refractivity contribution >= 4 is 25.7 Å². The van der Waals surface area contributed by atoms with Crippen molar-refractivity contribution in [1.82, 2.24) is 0 Å². The highest BCUT2D eigenvalue weighted by atomic mass is 31.2. The van der Waals surface area contributed by atoms with Crippen molar-refractivity contribution in [2.75, 3.05) is 26.4 Å². The minimum atomic E-state index is -5.71. The van der Waals surface area contributed by atoms with Gasteiger partial charge < -0.3 is 89.1 Å². The van der Waals surface area contributed by atoms with Crippen molar-refractivity contribution in [2.45, 2.75) is 421 Å². The molecule has 2 heterocycles. The maximum absolute atomic E-state index is 14.4. The van der Waals surface area contributed by atoms with E-state index in [0.717, 1.165) is 96.0 Å². The maximum atomic E-state index is 14.4. The Hall–Kier alpha value is -2.56. The summed E-state index contributed by atoms with van der Waals surface area (Å²) in [5, 5.41) is 110. The van der Waals surface area contributed by atoms with Gasteiger partial charge in [0.25, 0.3) is 0 Å². The Morgan fingerprint density at radius 3 is 1.24 bits per heavy atom. The van der Waals surface area contributed by atoms with Crippen LogP contribution in [0.15, 0.2) is 24.3 Å². The van der Waals surface area contributed by atoms with E-state index in [0.29, 0.717) is 18.8 Å². The van der Waals surface area contributed by atoms with Crippen molar-refractivity contribution < 1.29 is 117 Å². The van der Waals surface area contributed by atoms with Gasteiger partial charge in [0.1, 0.15) is 98.7 Å².